The Hall–Kier alpha value is -1.94. The molecule has 18 heavy (non-hydrogen) atoms. The fraction of sp³-hybridized carbons (Fsp3) is 0.286. The van der Waals surface area contributed by atoms with Gasteiger partial charge in [0.05, 0.1) is 5.69 Å². The second kappa shape index (κ2) is 6.12. The van der Waals surface area contributed by atoms with Gasteiger partial charge in [-0.05, 0) is 31.0 Å². The predicted octanol–water partition coefficient (Wildman–Crippen LogP) is 1.77. The second-order valence-corrected chi connectivity index (χ2v) is 4.33. The first kappa shape index (κ1) is 12.5. The molecule has 1 unspecified atom stereocenters. The lowest BCUT2D eigenvalue weighted by molar-refractivity contribution is 0.716. The second-order valence-electron chi connectivity index (χ2n) is 4.33. The summed E-state index contributed by atoms with van der Waals surface area (Å²) in [6, 6.07) is 14.3. The molecule has 0 bridgehead atoms. The third kappa shape index (κ3) is 3.53. The lowest BCUT2D eigenvalue weighted by Crippen LogP contribution is -2.31. The SMILES string of the molecule is Cc1ccc(NC(CN)Cc2ccccc2)nn1. The summed E-state index contributed by atoms with van der Waals surface area (Å²) in [5, 5.41) is 11.4. The van der Waals surface area contributed by atoms with E-state index in [1.165, 1.54) is 5.56 Å². The summed E-state index contributed by atoms with van der Waals surface area (Å²) in [5.74, 6) is 0.770. The Morgan fingerprint density at radius 3 is 2.50 bits per heavy atom. The van der Waals surface area contributed by atoms with Crippen molar-refractivity contribution in [3.63, 3.8) is 0 Å². The molecule has 4 heteroatoms. The highest BCUT2D eigenvalue weighted by Gasteiger charge is 2.08. The highest BCUT2D eigenvalue weighted by molar-refractivity contribution is 5.35. The minimum absolute atomic E-state index is 0.171. The van der Waals surface area contributed by atoms with Crippen molar-refractivity contribution in [2.45, 2.75) is 19.4 Å². The molecule has 0 saturated carbocycles. The summed E-state index contributed by atoms with van der Waals surface area (Å²) in [5.41, 5.74) is 7.96. The molecule has 4 nitrogen and oxygen atoms in total. The molecule has 0 amide bonds. The zero-order valence-corrected chi connectivity index (χ0v) is 10.5. The first-order valence-electron chi connectivity index (χ1n) is 6.09. The normalized spacial score (nSPS) is 12.1. The van der Waals surface area contributed by atoms with Crippen LogP contribution in [-0.2, 0) is 6.42 Å². The molecular formula is C14H18N4. The lowest BCUT2D eigenvalue weighted by atomic mass is 10.1. The molecule has 0 radical (unpaired) electrons. The largest absolute Gasteiger partial charge is 0.364 e. The molecule has 3 N–H and O–H groups in total. The highest BCUT2D eigenvalue weighted by Crippen LogP contribution is 2.08. The number of benzene rings is 1. The molecule has 0 aliphatic carbocycles. The minimum atomic E-state index is 0.171. The van der Waals surface area contributed by atoms with Gasteiger partial charge in [0.2, 0.25) is 0 Å². The van der Waals surface area contributed by atoms with Crippen LogP contribution >= 0.6 is 0 Å². The molecule has 1 aromatic carbocycles. The molecule has 0 spiro atoms. The molecule has 1 heterocycles. The molecule has 1 atom stereocenters. The maximum atomic E-state index is 5.79. The zero-order chi connectivity index (χ0) is 12.8. The van der Waals surface area contributed by atoms with Gasteiger partial charge in [-0.2, -0.15) is 5.10 Å². The molecule has 0 saturated heterocycles. The Labute approximate surface area is 107 Å². The van der Waals surface area contributed by atoms with Crippen LogP contribution in [-0.4, -0.2) is 22.8 Å². The van der Waals surface area contributed by atoms with E-state index in [-0.39, 0.29) is 6.04 Å². The van der Waals surface area contributed by atoms with Crippen LogP contribution in [0, 0.1) is 6.92 Å². The van der Waals surface area contributed by atoms with Crippen molar-refractivity contribution in [2.24, 2.45) is 5.73 Å². The van der Waals surface area contributed by atoms with E-state index in [4.69, 9.17) is 5.73 Å². The van der Waals surface area contributed by atoms with Crippen molar-refractivity contribution in [1.82, 2.24) is 10.2 Å². The summed E-state index contributed by atoms with van der Waals surface area (Å²) in [6.07, 6.45) is 0.882. The third-order valence-corrected chi connectivity index (χ3v) is 2.76. The molecule has 0 aliphatic heterocycles. The predicted molar refractivity (Wildman–Crippen MR) is 73.4 cm³/mol. The van der Waals surface area contributed by atoms with E-state index >= 15 is 0 Å². The van der Waals surface area contributed by atoms with Crippen molar-refractivity contribution in [3.8, 4) is 0 Å². The fourth-order valence-electron chi connectivity index (χ4n) is 1.78. The average Bonchev–Trinajstić information content (AvgIpc) is 2.41. The Bertz CT molecular complexity index is 467. The van der Waals surface area contributed by atoms with Gasteiger partial charge in [0.15, 0.2) is 0 Å². The van der Waals surface area contributed by atoms with E-state index in [9.17, 15) is 0 Å². The van der Waals surface area contributed by atoms with Gasteiger partial charge >= 0.3 is 0 Å². The summed E-state index contributed by atoms with van der Waals surface area (Å²) in [7, 11) is 0. The number of rotatable bonds is 5. The van der Waals surface area contributed by atoms with Crippen LogP contribution in [0.3, 0.4) is 0 Å². The van der Waals surface area contributed by atoms with E-state index in [0.717, 1.165) is 17.9 Å². The Morgan fingerprint density at radius 2 is 1.89 bits per heavy atom. The number of nitrogens with zero attached hydrogens (tertiary/aromatic N) is 2. The maximum Gasteiger partial charge on any atom is 0.148 e. The van der Waals surface area contributed by atoms with Crippen LogP contribution in [0.1, 0.15) is 11.3 Å². The number of aryl methyl sites for hydroxylation is 1. The smallest absolute Gasteiger partial charge is 0.148 e. The van der Waals surface area contributed by atoms with Crippen LogP contribution in [0.5, 0.6) is 0 Å². The number of nitrogens with one attached hydrogen (secondary N) is 1. The minimum Gasteiger partial charge on any atom is -0.364 e. The first-order valence-corrected chi connectivity index (χ1v) is 6.09. The zero-order valence-electron chi connectivity index (χ0n) is 10.5. The average molecular weight is 242 g/mol. The monoisotopic (exact) mass is 242 g/mol. The van der Waals surface area contributed by atoms with Crippen LogP contribution < -0.4 is 11.1 Å². The van der Waals surface area contributed by atoms with Crippen LogP contribution in [0.25, 0.3) is 0 Å². The number of hydrogen-bond acceptors (Lipinski definition) is 4. The van der Waals surface area contributed by atoms with E-state index < -0.39 is 0 Å². The molecule has 0 fully saturated rings. The van der Waals surface area contributed by atoms with Gasteiger partial charge in [0, 0.05) is 12.6 Å². The highest BCUT2D eigenvalue weighted by atomic mass is 15.2. The van der Waals surface area contributed by atoms with E-state index in [1.54, 1.807) is 0 Å². The summed E-state index contributed by atoms with van der Waals surface area (Å²) < 4.78 is 0. The lowest BCUT2D eigenvalue weighted by Gasteiger charge is -2.17. The first-order chi connectivity index (χ1) is 8.78. The van der Waals surface area contributed by atoms with Crippen LogP contribution in [0.15, 0.2) is 42.5 Å². The van der Waals surface area contributed by atoms with Crippen LogP contribution in [0.2, 0.25) is 0 Å². The van der Waals surface area contributed by atoms with Gasteiger partial charge in [0.1, 0.15) is 5.82 Å². The van der Waals surface area contributed by atoms with Gasteiger partial charge in [-0.3, -0.25) is 0 Å². The van der Waals surface area contributed by atoms with E-state index in [0.29, 0.717) is 6.54 Å². The van der Waals surface area contributed by atoms with Crippen molar-refractivity contribution < 1.29 is 0 Å². The Balaban J connectivity index is 1.99. The summed E-state index contributed by atoms with van der Waals surface area (Å²) in [6.45, 7) is 2.48. The number of nitrogens with two attached hydrogens (primary N) is 1. The van der Waals surface area contributed by atoms with Gasteiger partial charge in [-0.25, -0.2) is 0 Å². The van der Waals surface area contributed by atoms with Crippen molar-refractivity contribution in [3.05, 3.63) is 53.7 Å². The number of hydrogen-bond donors (Lipinski definition) is 2. The van der Waals surface area contributed by atoms with E-state index in [2.05, 4.69) is 27.6 Å². The van der Waals surface area contributed by atoms with Crippen LogP contribution in [0.4, 0.5) is 5.82 Å². The number of anilines is 1. The Kier molecular flexibility index (Phi) is 4.25. The van der Waals surface area contributed by atoms with Gasteiger partial charge in [-0.15, -0.1) is 5.10 Å². The van der Waals surface area contributed by atoms with Gasteiger partial charge in [-0.1, -0.05) is 30.3 Å². The number of aromatic nitrogens is 2. The van der Waals surface area contributed by atoms with Crippen molar-refractivity contribution in [1.29, 1.82) is 0 Å². The van der Waals surface area contributed by atoms with Crippen molar-refractivity contribution >= 4 is 5.82 Å². The molecule has 1 aromatic heterocycles. The quantitative estimate of drug-likeness (QED) is 0.838. The van der Waals surface area contributed by atoms with Gasteiger partial charge < -0.3 is 11.1 Å². The molecule has 2 rings (SSSR count). The molecule has 2 aromatic rings. The molecular weight excluding hydrogens is 224 g/mol. The molecule has 94 valence electrons. The molecule has 0 aliphatic rings. The van der Waals surface area contributed by atoms with E-state index in [1.807, 2.05) is 37.3 Å². The standard InChI is InChI=1S/C14H18N4/c1-11-7-8-14(18-17-11)16-13(10-15)9-12-5-3-2-4-6-12/h2-8,13H,9-10,15H2,1H3,(H,16,18). The maximum absolute atomic E-state index is 5.79. The Morgan fingerprint density at radius 1 is 1.11 bits per heavy atom. The summed E-state index contributed by atoms with van der Waals surface area (Å²) >= 11 is 0. The fourth-order valence-corrected chi connectivity index (χ4v) is 1.78. The van der Waals surface area contributed by atoms with Crippen molar-refractivity contribution in [2.75, 3.05) is 11.9 Å². The topological polar surface area (TPSA) is 63.8 Å². The van der Waals surface area contributed by atoms with Gasteiger partial charge in [0.25, 0.3) is 0 Å². The summed E-state index contributed by atoms with van der Waals surface area (Å²) in [4.78, 5) is 0. The third-order valence-electron chi connectivity index (χ3n) is 2.76.